The maximum Gasteiger partial charge on any atom is 0.0927 e. The highest BCUT2D eigenvalue weighted by Crippen LogP contribution is 2.20. The molecule has 0 saturated heterocycles. The molecule has 74 valence electrons. The molecule has 0 radical (unpaired) electrons. The predicted octanol–water partition coefficient (Wildman–Crippen LogP) is 2.11. The summed E-state index contributed by atoms with van der Waals surface area (Å²) in [5.41, 5.74) is 1.85. The molecule has 2 rings (SSSR count). The predicted molar refractivity (Wildman–Crippen MR) is 56.0 cm³/mol. The molecule has 0 bridgehead atoms. The number of hydrogen-bond acceptors (Lipinski definition) is 2. The molecular weight excluding hydrogens is 176 g/mol. The molecule has 2 aromatic rings. The largest absolute Gasteiger partial charge is 0.390 e. The van der Waals surface area contributed by atoms with Gasteiger partial charge in [-0.3, -0.25) is 4.68 Å². The number of nitrogens with zero attached hydrogens (tertiary/aromatic N) is 2. The van der Waals surface area contributed by atoms with E-state index in [0.29, 0.717) is 0 Å². The van der Waals surface area contributed by atoms with Crippen molar-refractivity contribution in [1.29, 1.82) is 0 Å². The van der Waals surface area contributed by atoms with Gasteiger partial charge in [-0.15, -0.1) is 0 Å². The van der Waals surface area contributed by atoms with Crippen LogP contribution >= 0.6 is 0 Å². The Morgan fingerprint density at radius 1 is 1.36 bits per heavy atom. The Balaban J connectivity index is 2.72. The fourth-order valence-corrected chi connectivity index (χ4v) is 1.69. The summed E-state index contributed by atoms with van der Waals surface area (Å²) in [7, 11) is 0. The van der Waals surface area contributed by atoms with Crippen LogP contribution in [0, 0.1) is 0 Å². The van der Waals surface area contributed by atoms with Crippen molar-refractivity contribution in [1.82, 2.24) is 9.78 Å². The number of aromatic nitrogens is 2. The Morgan fingerprint density at radius 2 is 2.07 bits per heavy atom. The molecule has 1 aromatic carbocycles. The van der Waals surface area contributed by atoms with Gasteiger partial charge in [0.15, 0.2) is 0 Å². The Bertz CT molecular complexity index is 445. The SMILES string of the molecule is CC(C)n1nc2ccccc2c1CO. The lowest BCUT2D eigenvalue weighted by Gasteiger charge is -2.08. The van der Waals surface area contributed by atoms with Gasteiger partial charge in [-0.05, 0) is 19.9 Å². The summed E-state index contributed by atoms with van der Waals surface area (Å²) in [6, 6.07) is 8.17. The van der Waals surface area contributed by atoms with E-state index < -0.39 is 0 Å². The lowest BCUT2D eigenvalue weighted by molar-refractivity contribution is 0.266. The second-order valence-corrected chi connectivity index (χ2v) is 3.66. The lowest BCUT2D eigenvalue weighted by Crippen LogP contribution is -2.07. The van der Waals surface area contributed by atoms with Crippen LogP contribution in [0.15, 0.2) is 24.3 Å². The standard InChI is InChI=1S/C11H14N2O/c1-8(2)13-11(7-14)9-5-3-4-6-10(9)12-13/h3-6,8,14H,7H2,1-2H3. The highest BCUT2D eigenvalue weighted by molar-refractivity contribution is 5.81. The van der Waals surface area contributed by atoms with Crippen LogP contribution in [0.4, 0.5) is 0 Å². The summed E-state index contributed by atoms with van der Waals surface area (Å²) >= 11 is 0. The van der Waals surface area contributed by atoms with Crippen molar-refractivity contribution in [3.05, 3.63) is 30.0 Å². The topological polar surface area (TPSA) is 38.0 Å². The van der Waals surface area contributed by atoms with E-state index in [1.165, 1.54) is 0 Å². The van der Waals surface area contributed by atoms with Gasteiger partial charge < -0.3 is 5.11 Å². The van der Waals surface area contributed by atoms with Crippen molar-refractivity contribution in [2.24, 2.45) is 0 Å². The zero-order valence-corrected chi connectivity index (χ0v) is 8.44. The molecule has 0 aliphatic carbocycles. The molecule has 0 saturated carbocycles. The Kier molecular flexibility index (Phi) is 2.25. The first kappa shape index (κ1) is 9.21. The van der Waals surface area contributed by atoms with Crippen molar-refractivity contribution in [2.45, 2.75) is 26.5 Å². The normalized spacial score (nSPS) is 11.4. The van der Waals surface area contributed by atoms with Crippen molar-refractivity contribution in [3.63, 3.8) is 0 Å². The average Bonchev–Trinajstić information content (AvgIpc) is 2.56. The van der Waals surface area contributed by atoms with E-state index >= 15 is 0 Å². The minimum absolute atomic E-state index is 0.0404. The molecule has 0 fully saturated rings. The van der Waals surface area contributed by atoms with E-state index in [0.717, 1.165) is 16.6 Å². The zero-order valence-electron chi connectivity index (χ0n) is 8.44. The summed E-state index contributed by atoms with van der Waals surface area (Å²) in [5, 5.41) is 14.8. The summed E-state index contributed by atoms with van der Waals surface area (Å²) in [5.74, 6) is 0. The van der Waals surface area contributed by atoms with Crippen molar-refractivity contribution in [3.8, 4) is 0 Å². The Hall–Kier alpha value is -1.35. The van der Waals surface area contributed by atoms with E-state index in [1.54, 1.807) is 0 Å². The van der Waals surface area contributed by atoms with Gasteiger partial charge in [0.1, 0.15) is 0 Å². The molecule has 0 amide bonds. The third-order valence-corrected chi connectivity index (χ3v) is 2.35. The number of aliphatic hydroxyl groups is 1. The molecule has 1 N–H and O–H groups in total. The summed E-state index contributed by atoms with van der Waals surface area (Å²) in [6.45, 7) is 4.16. The van der Waals surface area contributed by atoms with Crippen molar-refractivity contribution < 1.29 is 5.11 Å². The fraction of sp³-hybridized carbons (Fsp3) is 0.364. The highest BCUT2D eigenvalue weighted by Gasteiger charge is 2.11. The zero-order chi connectivity index (χ0) is 10.1. The molecule has 0 atom stereocenters. The van der Waals surface area contributed by atoms with Crippen LogP contribution in [0.1, 0.15) is 25.6 Å². The third kappa shape index (κ3) is 1.30. The number of rotatable bonds is 2. The second-order valence-electron chi connectivity index (χ2n) is 3.66. The minimum atomic E-state index is 0.0404. The minimum Gasteiger partial charge on any atom is -0.390 e. The molecule has 1 aromatic heterocycles. The van der Waals surface area contributed by atoms with Crippen LogP contribution in [-0.2, 0) is 6.61 Å². The fourth-order valence-electron chi connectivity index (χ4n) is 1.69. The smallest absolute Gasteiger partial charge is 0.0927 e. The van der Waals surface area contributed by atoms with Crippen molar-refractivity contribution in [2.75, 3.05) is 0 Å². The average molecular weight is 190 g/mol. The molecule has 0 unspecified atom stereocenters. The molecule has 0 aliphatic heterocycles. The van der Waals surface area contributed by atoms with Gasteiger partial charge >= 0.3 is 0 Å². The summed E-state index contributed by atoms with van der Waals surface area (Å²) in [4.78, 5) is 0. The summed E-state index contributed by atoms with van der Waals surface area (Å²) < 4.78 is 1.88. The molecule has 3 nitrogen and oxygen atoms in total. The number of aliphatic hydroxyl groups excluding tert-OH is 1. The van der Waals surface area contributed by atoms with Crippen LogP contribution < -0.4 is 0 Å². The van der Waals surface area contributed by atoms with E-state index in [4.69, 9.17) is 0 Å². The van der Waals surface area contributed by atoms with E-state index in [1.807, 2.05) is 28.9 Å². The lowest BCUT2D eigenvalue weighted by atomic mass is 10.2. The molecule has 1 heterocycles. The second kappa shape index (κ2) is 3.42. The van der Waals surface area contributed by atoms with Gasteiger partial charge in [0.2, 0.25) is 0 Å². The first-order valence-electron chi connectivity index (χ1n) is 4.81. The van der Waals surface area contributed by atoms with Crippen molar-refractivity contribution >= 4 is 10.9 Å². The van der Waals surface area contributed by atoms with Crippen LogP contribution in [0.2, 0.25) is 0 Å². The van der Waals surface area contributed by atoms with Gasteiger partial charge in [0, 0.05) is 11.4 Å². The molecule has 0 aliphatic rings. The van der Waals surface area contributed by atoms with Crippen LogP contribution in [0.5, 0.6) is 0 Å². The highest BCUT2D eigenvalue weighted by atomic mass is 16.3. The van der Waals surface area contributed by atoms with E-state index in [9.17, 15) is 5.11 Å². The van der Waals surface area contributed by atoms with E-state index in [-0.39, 0.29) is 12.6 Å². The maximum atomic E-state index is 9.29. The maximum absolute atomic E-state index is 9.29. The molecule has 0 spiro atoms. The van der Waals surface area contributed by atoms with Crippen LogP contribution in [0.3, 0.4) is 0 Å². The van der Waals surface area contributed by atoms with Crippen LogP contribution in [0.25, 0.3) is 10.9 Å². The van der Waals surface area contributed by atoms with Gasteiger partial charge in [-0.1, -0.05) is 18.2 Å². The first-order chi connectivity index (χ1) is 6.74. The van der Waals surface area contributed by atoms with Gasteiger partial charge in [-0.25, -0.2) is 0 Å². The van der Waals surface area contributed by atoms with Gasteiger partial charge in [0.25, 0.3) is 0 Å². The molecule has 3 heteroatoms. The monoisotopic (exact) mass is 190 g/mol. The number of hydrogen-bond donors (Lipinski definition) is 1. The van der Waals surface area contributed by atoms with Gasteiger partial charge in [0.05, 0.1) is 17.8 Å². The number of fused-ring (bicyclic) bond motifs is 1. The molecule has 14 heavy (non-hydrogen) atoms. The van der Waals surface area contributed by atoms with Gasteiger partial charge in [-0.2, -0.15) is 5.10 Å². The quantitative estimate of drug-likeness (QED) is 0.787. The number of benzene rings is 1. The summed E-state index contributed by atoms with van der Waals surface area (Å²) in [6.07, 6.45) is 0. The third-order valence-electron chi connectivity index (χ3n) is 2.35. The van der Waals surface area contributed by atoms with E-state index in [2.05, 4.69) is 18.9 Å². The van der Waals surface area contributed by atoms with Crippen LogP contribution in [-0.4, -0.2) is 14.9 Å². The Labute approximate surface area is 83.0 Å². The Morgan fingerprint density at radius 3 is 2.71 bits per heavy atom. The molecular formula is C11H14N2O. The first-order valence-corrected chi connectivity index (χ1v) is 4.81.